The van der Waals surface area contributed by atoms with Gasteiger partial charge in [-0.05, 0) is 24.3 Å². The number of hydrogen-bond donors (Lipinski definition) is 1. The number of nitrogens with zero attached hydrogens (tertiary/aromatic N) is 5. The van der Waals surface area contributed by atoms with E-state index in [0.29, 0.717) is 17.0 Å². The number of aryl methyl sites for hydroxylation is 1. The van der Waals surface area contributed by atoms with Gasteiger partial charge in [-0.25, -0.2) is 18.6 Å². The van der Waals surface area contributed by atoms with E-state index in [2.05, 4.69) is 15.2 Å². The monoisotopic (exact) mass is 333 g/mol. The first-order valence-electron chi connectivity index (χ1n) is 6.97. The fourth-order valence-corrected chi connectivity index (χ4v) is 2.25. The highest BCUT2D eigenvalue weighted by Crippen LogP contribution is 2.23. The zero-order valence-corrected chi connectivity index (χ0v) is 12.5. The number of hydrogen-bond acceptors (Lipinski definition) is 5. The molecular formula is C15H13F2N5O2. The average molecular weight is 333 g/mol. The van der Waals surface area contributed by atoms with E-state index in [1.165, 1.54) is 46.4 Å². The Morgan fingerprint density at radius 1 is 1.33 bits per heavy atom. The molecule has 7 nitrogen and oxygen atoms in total. The minimum Gasteiger partial charge on any atom is -0.479 e. The van der Waals surface area contributed by atoms with Crippen molar-refractivity contribution in [3.05, 3.63) is 54.1 Å². The SMILES string of the molecule is Cn1cc(N2N=C(c3ccc(C(F)F)nc3)C=CC2C(=O)O)cn1. The Morgan fingerprint density at radius 3 is 2.67 bits per heavy atom. The Kier molecular flexibility index (Phi) is 4.07. The zero-order valence-electron chi connectivity index (χ0n) is 12.5. The molecule has 0 saturated heterocycles. The van der Waals surface area contributed by atoms with Gasteiger partial charge >= 0.3 is 5.97 Å². The highest BCUT2D eigenvalue weighted by molar-refractivity contribution is 6.10. The predicted octanol–water partition coefficient (Wildman–Crippen LogP) is 1.99. The largest absolute Gasteiger partial charge is 0.479 e. The summed E-state index contributed by atoms with van der Waals surface area (Å²) in [7, 11) is 1.71. The molecule has 1 atom stereocenters. The normalized spacial score (nSPS) is 17.2. The van der Waals surface area contributed by atoms with E-state index in [1.807, 2.05) is 0 Å². The van der Waals surface area contributed by atoms with Gasteiger partial charge in [0.25, 0.3) is 6.43 Å². The van der Waals surface area contributed by atoms with Crippen LogP contribution in [0.4, 0.5) is 14.5 Å². The van der Waals surface area contributed by atoms with Crippen molar-refractivity contribution in [3.8, 4) is 0 Å². The number of halogens is 2. The lowest BCUT2D eigenvalue weighted by molar-refractivity contribution is -0.137. The lowest BCUT2D eigenvalue weighted by Gasteiger charge is -2.26. The Labute approximate surface area is 135 Å². The molecule has 0 spiro atoms. The second-order valence-electron chi connectivity index (χ2n) is 5.12. The predicted molar refractivity (Wildman–Crippen MR) is 82.0 cm³/mol. The summed E-state index contributed by atoms with van der Waals surface area (Å²) in [5, 5.41) is 19.0. The molecule has 2 aromatic heterocycles. The smallest absolute Gasteiger partial charge is 0.332 e. The van der Waals surface area contributed by atoms with Crippen molar-refractivity contribution in [1.82, 2.24) is 14.8 Å². The van der Waals surface area contributed by atoms with Crippen molar-refractivity contribution in [2.45, 2.75) is 12.5 Å². The maximum Gasteiger partial charge on any atom is 0.332 e. The van der Waals surface area contributed by atoms with Crippen LogP contribution in [-0.2, 0) is 11.8 Å². The molecule has 9 heteroatoms. The highest BCUT2D eigenvalue weighted by atomic mass is 19.3. The van der Waals surface area contributed by atoms with Crippen molar-refractivity contribution in [2.24, 2.45) is 12.1 Å². The number of anilines is 1. The van der Waals surface area contributed by atoms with Gasteiger partial charge in [0.2, 0.25) is 0 Å². The first-order valence-corrected chi connectivity index (χ1v) is 6.97. The third-order valence-corrected chi connectivity index (χ3v) is 3.43. The van der Waals surface area contributed by atoms with Crippen molar-refractivity contribution >= 4 is 17.4 Å². The van der Waals surface area contributed by atoms with Crippen LogP contribution >= 0.6 is 0 Å². The van der Waals surface area contributed by atoms with E-state index in [1.54, 1.807) is 13.2 Å². The van der Waals surface area contributed by atoms with Crippen molar-refractivity contribution in [2.75, 3.05) is 5.01 Å². The fraction of sp³-hybridized carbons (Fsp3) is 0.200. The van der Waals surface area contributed by atoms with E-state index in [-0.39, 0.29) is 5.69 Å². The number of rotatable bonds is 4. The third-order valence-electron chi connectivity index (χ3n) is 3.43. The summed E-state index contributed by atoms with van der Waals surface area (Å²) >= 11 is 0. The van der Waals surface area contributed by atoms with Gasteiger partial charge in [-0.2, -0.15) is 10.2 Å². The maximum absolute atomic E-state index is 12.6. The minimum absolute atomic E-state index is 0.327. The molecule has 0 aliphatic carbocycles. The topological polar surface area (TPSA) is 83.6 Å². The van der Waals surface area contributed by atoms with E-state index >= 15 is 0 Å². The number of carboxylic acid groups (broad SMARTS) is 1. The standard InChI is InChI=1S/C15H13F2N5O2/c1-21-8-10(7-19-21)22-13(15(23)24)5-4-11(20-22)9-2-3-12(14(16)17)18-6-9/h2-8,13-14H,1H3,(H,23,24). The lowest BCUT2D eigenvalue weighted by Crippen LogP contribution is -2.39. The second-order valence-corrected chi connectivity index (χ2v) is 5.12. The Hall–Kier alpha value is -3.10. The van der Waals surface area contributed by atoms with Crippen molar-refractivity contribution in [3.63, 3.8) is 0 Å². The van der Waals surface area contributed by atoms with Crippen LogP contribution in [0.15, 0.2) is 48.0 Å². The zero-order chi connectivity index (χ0) is 17.3. The van der Waals surface area contributed by atoms with Gasteiger partial charge in [-0.15, -0.1) is 0 Å². The van der Waals surface area contributed by atoms with Crippen LogP contribution in [0.2, 0.25) is 0 Å². The molecule has 0 aromatic carbocycles. The molecule has 0 bridgehead atoms. The van der Waals surface area contributed by atoms with Gasteiger partial charge in [-0.3, -0.25) is 9.67 Å². The van der Waals surface area contributed by atoms with Gasteiger partial charge in [-0.1, -0.05) is 0 Å². The summed E-state index contributed by atoms with van der Waals surface area (Å²) in [6.45, 7) is 0. The number of aliphatic carboxylic acids is 1. The third kappa shape index (κ3) is 3.00. The van der Waals surface area contributed by atoms with Gasteiger partial charge in [0.1, 0.15) is 5.69 Å². The number of carbonyl (C=O) groups is 1. The van der Waals surface area contributed by atoms with Crippen LogP contribution in [0.3, 0.4) is 0 Å². The molecule has 0 amide bonds. The molecule has 1 N–H and O–H groups in total. The number of hydrazone groups is 1. The molecule has 3 heterocycles. The summed E-state index contributed by atoms with van der Waals surface area (Å²) < 4.78 is 26.7. The van der Waals surface area contributed by atoms with E-state index in [4.69, 9.17) is 0 Å². The van der Waals surface area contributed by atoms with Crippen LogP contribution in [0.25, 0.3) is 0 Å². The maximum atomic E-state index is 12.6. The molecule has 1 unspecified atom stereocenters. The number of alkyl halides is 2. The number of pyridine rings is 1. The molecule has 2 aromatic rings. The molecule has 0 radical (unpaired) electrons. The molecule has 1 aliphatic heterocycles. The van der Waals surface area contributed by atoms with Crippen LogP contribution in [0.5, 0.6) is 0 Å². The molecular weight excluding hydrogens is 320 g/mol. The van der Waals surface area contributed by atoms with Gasteiger partial charge in [0, 0.05) is 25.0 Å². The summed E-state index contributed by atoms with van der Waals surface area (Å²) in [6.07, 6.45) is 4.77. The van der Waals surface area contributed by atoms with Crippen molar-refractivity contribution < 1.29 is 18.7 Å². The van der Waals surface area contributed by atoms with Crippen LogP contribution in [-0.4, -0.2) is 37.6 Å². The van der Waals surface area contributed by atoms with Crippen LogP contribution < -0.4 is 5.01 Å². The first-order chi connectivity index (χ1) is 11.5. The number of aromatic nitrogens is 3. The second kappa shape index (κ2) is 6.19. The van der Waals surface area contributed by atoms with Crippen molar-refractivity contribution in [1.29, 1.82) is 0 Å². The Morgan fingerprint density at radius 2 is 2.12 bits per heavy atom. The van der Waals surface area contributed by atoms with Gasteiger partial charge in [0.05, 0.1) is 17.6 Å². The fourth-order valence-electron chi connectivity index (χ4n) is 2.25. The lowest BCUT2D eigenvalue weighted by atomic mass is 10.1. The van der Waals surface area contributed by atoms with Crippen LogP contribution in [0.1, 0.15) is 17.7 Å². The number of carboxylic acids is 1. The van der Waals surface area contributed by atoms with Gasteiger partial charge in [0.15, 0.2) is 6.04 Å². The highest BCUT2D eigenvalue weighted by Gasteiger charge is 2.28. The minimum atomic E-state index is -2.65. The molecule has 0 saturated carbocycles. The summed E-state index contributed by atoms with van der Waals surface area (Å²) in [5.74, 6) is -1.07. The summed E-state index contributed by atoms with van der Waals surface area (Å²) in [4.78, 5) is 15.1. The molecule has 3 rings (SSSR count). The molecule has 24 heavy (non-hydrogen) atoms. The molecule has 0 fully saturated rings. The van der Waals surface area contributed by atoms with Crippen LogP contribution in [0, 0.1) is 0 Å². The number of allylic oxidation sites excluding steroid dienone is 1. The molecule has 1 aliphatic rings. The van der Waals surface area contributed by atoms with E-state index < -0.39 is 18.4 Å². The van der Waals surface area contributed by atoms with Gasteiger partial charge < -0.3 is 5.11 Å². The Bertz CT molecular complexity index is 814. The summed E-state index contributed by atoms with van der Waals surface area (Å²) in [5.41, 5.74) is 1.11. The average Bonchev–Trinajstić information content (AvgIpc) is 3.00. The Balaban J connectivity index is 1.96. The quantitative estimate of drug-likeness (QED) is 0.925. The first kappa shape index (κ1) is 15.8. The van der Waals surface area contributed by atoms with E-state index in [9.17, 15) is 18.7 Å². The van der Waals surface area contributed by atoms with E-state index in [0.717, 1.165) is 0 Å². The molecule has 124 valence electrons. The summed E-state index contributed by atoms with van der Waals surface area (Å²) in [6, 6.07) is 1.71.